The van der Waals surface area contributed by atoms with Crippen molar-refractivity contribution in [2.24, 2.45) is 4.36 Å². The Labute approximate surface area is 133 Å². The molecule has 2 aromatic carbocycles. The molecule has 3 rings (SSSR count). The molecule has 7 heteroatoms. The van der Waals surface area contributed by atoms with Gasteiger partial charge in [0.15, 0.2) is 0 Å². The molecule has 0 aliphatic rings. The molecule has 3 aromatic rings. The molecular weight excluding hydrogens is 322 g/mol. The maximum absolute atomic E-state index is 12.6. The smallest absolute Gasteiger partial charge is 0.351 e. The highest BCUT2D eigenvalue weighted by molar-refractivity contribution is 7.93. The van der Waals surface area contributed by atoms with Crippen molar-refractivity contribution in [3.8, 4) is 11.5 Å². The standard InChI is InChI=1S/C15H12ClN3O2S/c1-22(20,13-5-3-2-4-6-13)19-15-18-17-14(21-15)11-7-9-12(16)10-8-11/h2-10H,1H3. The van der Waals surface area contributed by atoms with E-state index in [2.05, 4.69) is 14.6 Å². The second-order valence-electron chi connectivity index (χ2n) is 4.60. The lowest BCUT2D eigenvalue weighted by Gasteiger charge is -2.01. The Morgan fingerprint density at radius 2 is 1.73 bits per heavy atom. The molecule has 112 valence electrons. The third kappa shape index (κ3) is 3.18. The van der Waals surface area contributed by atoms with Crippen LogP contribution in [0.25, 0.3) is 11.5 Å². The van der Waals surface area contributed by atoms with Gasteiger partial charge in [0, 0.05) is 21.7 Å². The number of hydrogen-bond donors (Lipinski definition) is 0. The molecular formula is C15H12ClN3O2S. The van der Waals surface area contributed by atoms with Gasteiger partial charge in [-0.1, -0.05) is 34.9 Å². The van der Waals surface area contributed by atoms with Crippen LogP contribution in [0.1, 0.15) is 0 Å². The summed E-state index contributed by atoms with van der Waals surface area (Å²) in [6.07, 6.45) is 1.54. The average molecular weight is 334 g/mol. The van der Waals surface area contributed by atoms with Crippen LogP contribution in [0.4, 0.5) is 6.01 Å². The number of aromatic nitrogens is 2. The number of hydrogen-bond acceptors (Lipinski definition) is 5. The molecule has 22 heavy (non-hydrogen) atoms. The Morgan fingerprint density at radius 3 is 2.41 bits per heavy atom. The Bertz CT molecular complexity index is 898. The Balaban J connectivity index is 1.96. The van der Waals surface area contributed by atoms with Gasteiger partial charge in [-0.15, -0.1) is 9.46 Å². The lowest BCUT2D eigenvalue weighted by atomic mass is 10.2. The van der Waals surface area contributed by atoms with Crippen LogP contribution in [0, 0.1) is 0 Å². The monoisotopic (exact) mass is 333 g/mol. The van der Waals surface area contributed by atoms with E-state index < -0.39 is 9.73 Å². The van der Waals surface area contributed by atoms with Gasteiger partial charge in [-0.25, -0.2) is 4.21 Å². The van der Waals surface area contributed by atoms with E-state index in [0.717, 1.165) is 5.56 Å². The summed E-state index contributed by atoms with van der Waals surface area (Å²) in [5, 5.41) is 8.36. The zero-order valence-electron chi connectivity index (χ0n) is 11.6. The molecule has 1 atom stereocenters. The van der Waals surface area contributed by atoms with Crippen LogP contribution < -0.4 is 0 Å². The van der Waals surface area contributed by atoms with E-state index in [0.29, 0.717) is 15.8 Å². The molecule has 0 saturated heterocycles. The number of benzene rings is 2. The van der Waals surface area contributed by atoms with Crippen molar-refractivity contribution >= 4 is 27.3 Å². The van der Waals surface area contributed by atoms with Gasteiger partial charge in [0.25, 0.3) is 0 Å². The molecule has 0 amide bonds. The van der Waals surface area contributed by atoms with Gasteiger partial charge in [-0.2, -0.15) is 0 Å². The summed E-state index contributed by atoms with van der Waals surface area (Å²) >= 11 is 5.84. The van der Waals surface area contributed by atoms with Crippen LogP contribution in [0.3, 0.4) is 0 Å². The van der Waals surface area contributed by atoms with Gasteiger partial charge in [-0.05, 0) is 36.4 Å². The van der Waals surface area contributed by atoms with Gasteiger partial charge in [-0.3, -0.25) is 0 Å². The number of halogens is 1. The van der Waals surface area contributed by atoms with Crippen molar-refractivity contribution in [1.82, 2.24) is 10.2 Å². The van der Waals surface area contributed by atoms with E-state index in [1.807, 2.05) is 6.07 Å². The van der Waals surface area contributed by atoms with Gasteiger partial charge in [0.1, 0.15) is 0 Å². The summed E-state index contributed by atoms with van der Waals surface area (Å²) in [5.41, 5.74) is 0.723. The van der Waals surface area contributed by atoms with E-state index >= 15 is 0 Å². The largest absolute Gasteiger partial charge is 0.401 e. The molecule has 5 nitrogen and oxygen atoms in total. The normalized spacial score (nSPS) is 13.5. The summed E-state index contributed by atoms with van der Waals surface area (Å²) < 4.78 is 22.2. The third-order valence-corrected chi connectivity index (χ3v) is 4.84. The molecule has 0 aliphatic carbocycles. The minimum atomic E-state index is -2.63. The van der Waals surface area contributed by atoms with E-state index in [9.17, 15) is 4.21 Å². The first-order valence-corrected chi connectivity index (χ1v) is 8.71. The average Bonchev–Trinajstić information content (AvgIpc) is 2.97. The van der Waals surface area contributed by atoms with Crippen molar-refractivity contribution < 1.29 is 8.63 Å². The topological polar surface area (TPSA) is 68.3 Å². The Hall–Kier alpha value is -2.18. The quantitative estimate of drug-likeness (QED) is 0.721. The summed E-state index contributed by atoms with van der Waals surface area (Å²) in [4.78, 5) is 0.612. The predicted molar refractivity (Wildman–Crippen MR) is 85.6 cm³/mol. The Kier molecular flexibility index (Phi) is 3.96. The molecule has 0 fully saturated rings. The van der Waals surface area contributed by atoms with Crippen LogP contribution in [0.5, 0.6) is 0 Å². The fraction of sp³-hybridized carbons (Fsp3) is 0.0667. The van der Waals surface area contributed by atoms with Crippen molar-refractivity contribution in [3.63, 3.8) is 0 Å². The summed E-state index contributed by atoms with van der Waals surface area (Å²) in [6, 6.07) is 15.9. The summed E-state index contributed by atoms with van der Waals surface area (Å²) in [6.45, 7) is 0. The SMILES string of the molecule is CS(=O)(=Nc1nnc(-c2ccc(Cl)cc2)o1)c1ccccc1. The lowest BCUT2D eigenvalue weighted by molar-refractivity contribution is 0.579. The first-order chi connectivity index (χ1) is 10.5. The number of nitrogens with zero attached hydrogens (tertiary/aromatic N) is 3. The fourth-order valence-corrected chi connectivity index (χ4v) is 3.10. The molecule has 0 N–H and O–H groups in total. The third-order valence-electron chi connectivity index (χ3n) is 2.94. The molecule has 0 saturated carbocycles. The van der Waals surface area contributed by atoms with Gasteiger partial charge < -0.3 is 4.42 Å². The summed E-state index contributed by atoms with van der Waals surface area (Å²) in [7, 11) is -2.63. The van der Waals surface area contributed by atoms with Crippen LogP contribution in [-0.2, 0) is 9.73 Å². The molecule has 1 unspecified atom stereocenters. The van der Waals surface area contributed by atoms with Gasteiger partial charge >= 0.3 is 6.01 Å². The van der Waals surface area contributed by atoms with Crippen molar-refractivity contribution in [2.45, 2.75) is 4.90 Å². The second kappa shape index (κ2) is 5.90. The molecule has 1 aromatic heterocycles. The lowest BCUT2D eigenvalue weighted by Crippen LogP contribution is -1.96. The minimum Gasteiger partial charge on any atom is -0.401 e. The van der Waals surface area contributed by atoms with Crippen molar-refractivity contribution in [3.05, 3.63) is 59.6 Å². The minimum absolute atomic E-state index is 0.0127. The maximum Gasteiger partial charge on any atom is 0.351 e. The molecule has 1 heterocycles. The second-order valence-corrected chi connectivity index (χ2v) is 7.30. The highest BCUT2D eigenvalue weighted by atomic mass is 35.5. The molecule has 0 radical (unpaired) electrons. The van der Waals surface area contributed by atoms with Crippen LogP contribution in [-0.4, -0.2) is 20.7 Å². The summed E-state index contributed by atoms with van der Waals surface area (Å²) in [5.74, 6) is 0.304. The highest BCUT2D eigenvalue weighted by Crippen LogP contribution is 2.24. The first kappa shape index (κ1) is 14.7. The highest BCUT2D eigenvalue weighted by Gasteiger charge is 2.11. The zero-order chi connectivity index (χ0) is 15.6. The zero-order valence-corrected chi connectivity index (χ0v) is 13.2. The van der Waals surface area contributed by atoms with Crippen LogP contribution in [0.15, 0.2) is 68.3 Å². The predicted octanol–water partition coefficient (Wildman–Crippen LogP) is 4.18. The Morgan fingerprint density at radius 1 is 1.05 bits per heavy atom. The van der Waals surface area contributed by atoms with Crippen molar-refractivity contribution in [2.75, 3.05) is 6.26 Å². The van der Waals surface area contributed by atoms with Crippen LogP contribution >= 0.6 is 11.6 Å². The van der Waals surface area contributed by atoms with Crippen LogP contribution in [0.2, 0.25) is 5.02 Å². The van der Waals surface area contributed by atoms with E-state index in [4.69, 9.17) is 16.0 Å². The first-order valence-electron chi connectivity index (χ1n) is 6.41. The number of rotatable bonds is 3. The molecule has 0 aliphatic heterocycles. The van der Waals surface area contributed by atoms with E-state index in [1.54, 1.807) is 48.5 Å². The van der Waals surface area contributed by atoms with Gasteiger partial charge in [0.05, 0.1) is 9.73 Å². The van der Waals surface area contributed by atoms with Gasteiger partial charge in [0.2, 0.25) is 5.89 Å². The van der Waals surface area contributed by atoms with E-state index in [-0.39, 0.29) is 6.01 Å². The molecule has 0 bridgehead atoms. The van der Waals surface area contributed by atoms with E-state index in [1.165, 1.54) is 6.26 Å². The molecule has 0 spiro atoms. The fourth-order valence-electron chi connectivity index (χ4n) is 1.84. The van der Waals surface area contributed by atoms with Crippen molar-refractivity contribution in [1.29, 1.82) is 0 Å². The maximum atomic E-state index is 12.6.